The van der Waals surface area contributed by atoms with Crippen molar-refractivity contribution in [2.45, 2.75) is 6.04 Å². The van der Waals surface area contributed by atoms with Gasteiger partial charge in [0, 0.05) is 9.35 Å². The van der Waals surface area contributed by atoms with Crippen LogP contribution in [0.1, 0.15) is 16.5 Å². The van der Waals surface area contributed by atoms with E-state index in [0.717, 1.165) is 19.6 Å². The van der Waals surface area contributed by atoms with Gasteiger partial charge in [-0.3, -0.25) is 0 Å². The van der Waals surface area contributed by atoms with Gasteiger partial charge in [-0.1, -0.05) is 15.9 Å². The van der Waals surface area contributed by atoms with E-state index < -0.39 is 0 Å². The molecule has 1 aromatic heterocycles. The molecule has 0 amide bonds. The molecule has 1 N–H and O–H groups in total. The Kier molecular flexibility index (Phi) is 5.49. The third-order valence-corrected chi connectivity index (χ3v) is 5.36. The van der Waals surface area contributed by atoms with E-state index in [1.807, 2.05) is 19.2 Å². The summed E-state index contributed by atoms with van der Waals surface area (Å²) in [6.45, 7) is 0. The topological polar surface area (TPSA) is 30.5 Å². The van der Waals surface area contributed by atoms with Gasteiger partial charge < -0.3 is 14.8 Å². The first-order valence-corrected chi connectivity index (χ1v) is 8.34. The number of methoxy groups -OCH3 is 2. The zero-order valence-corrected chi connectivity index (χ0v) is 15.4. The molecular formula is C14H15Br2NO2S. The fourth-order valence-electron chi connectivity index (χ4n) is 2.03. The molecule has 0 aliphatic heterocycles. The molecule has 2 aromatic rings. The molecule has 0 aliphatic carbocycles. The molecule has 1 aromatic carbocycles. The van der Waals surface area contributed by atoms with Crippen LogP contribution in [0.15, 0.2) is 32.5 Å². The Balaban J connectivity index is 2.49. The number of ether oxygens (including phenoxy) is 2. The Hall–Kier alpha value is -0.560. The van der Waals surface area contributed by atoms with E-state index in [1.54, 1.807) is 25.6 Å². The second kappa shape index (κ2) is 6.93. The standard InChI is InChI=1S/C14H15Br2NO2S/c1-17-14(12-4-5-13(16)20-12)8-6-10(18-2)11(19-3)7-9(8)15/h4-7,14,17H,1-3H3. The number of nitrogens with one attached hydrogen (secondary N) is 1. The maximum atomic E-state index is 5.39. The van der Waals surface area contributed by atoms with E-state index in [1.165, 1.54) is 4.88 Å². The van der Waals surface area contributed by atoms with Gasteiger partial charge in [-0.05, 0) is 52.8 Å². The summed E-state index contributed by atoms with van der Waals surface area (Å²) in [4.78, 5) is 1.23. The molecule has 0 spiro atoms. The second-order valence-corrected chi connectivity index (χ2v) is 7.44. The van der Waals surface area contributed by atoms with Crippen LogP contribution in [0.4, 0.5) is 0 Å². The zero-order chi connectivity index (χ0) is 14.7. The minimum absolute atomic E-state index is 0.0977. The van der Waals surface area contributed by atoms with Crippen LogP contribution in [0.25, 0.3) is 0 Å². The van der Waals surface area contributed by atoms with Crippen molar-refractivity contribution < 1.29 is 9.47 Å². The molecule has 0 aliphatic rings. The third kappa shape index (κ3) is 3.19. The summed E-state index contributed by atoms with van der Waals surface area (Å²) in [5.41, 5.74) is 1.11. The minimum Gasteiger partial charge on any atom is -0.493 e. The first kappa shape index (κ1) is 15.8. The summed E-state index contributed by atoms with van der Waals surface area (Å²) in [7, 11) is 5.23. The molecule has 108 valence electrons. The Morgan fingerprint density at radius 3 is 2.25 bits per heavy atom. The normalized spacial score (nSPS) is 12.2. The lowest BCUT2D eigenvalue weighted by molar-refractivity contribution is 0.354. The lowest BCUT2D eigenvalue weighted by Crippen LogP contribution is -2.17. The van der Waals surface area contributed by atoms with E-state index in [4.69, 9.17) is 9.47 Å². The number of halogens is 2. The van der Waals surface area contributed by atoms with Gasteiger partial charge in [0.2, 0.25) is 0 Å². The van der Waals surface area contributed by atoms with Crippen LogP contribution >= 0.6 is 43.2 Å². The van der Waals surface area contributed by atoms with Crippen LogP contribution in [0, 0.1) is 0 Å². The van der Waals surface area contributed by atoms with Gasteiger partial charge in [0.05, 0.1) is 24.0 Å². The van der Waals surface area contributed by atoms with Gasteiger partial charge >= 0.3 is 0 Å². The fraction of sp³-hybridized carbons (Fsp3) is 0.286. The van der Waals surface area contributed by atoms with Crippen LogP contribution < -0.4 is 14.8 Å². The highest BCUT2D eigenvalue weighted by molar-refractivity contribution is 9.11. The highest BCUT2D eigenvalue weighted by Crippen LogP contribution is 2.39. The smallest absolute Gasteiger partial charge is 0.161 e. The maximum Gasteiger partial charge on any atom is 0.161 e. The summed E-state index contributed by atoms with van der Waals surface area (Å²) >= 11 is 8.83. The van der Waals surface area contributed by atoms with Crippen molar-refractivity contribution >= 4 is 43.2 Å². The van der Waals surface area contributed by atoms with Gasteiger partial charge in [-0.15, -0.1) is 11.3 Å². The Bertz CT molecular complexity index is 601. The number of benzene rings is 1. The fourth-order valence-corrected chi connectivity index (χ4v) is 4.13. The number of thiophene rings is 1. The molecular weight excluding hydrogens is 406 g/mol. The monoisotopic (exact) mass is 419 g/mol. The first-order chi connectivity index (χ1) is 9.60. The summed E-state index contributed by atoms with van der Waals surface area (Å²) in [6.07, 6.45) is 0. The highest BCUT2D eigenvalue weighted by Gasteiger charge is 2.19. The van der Waals surface area contributed by atoms with Crippen molar-refractivity contribution in [2.24, 2.45) is 0 Å². The van der Waals surface area contributed by atoms with Crippen LogP contribution in [-0.4, -0.2) is 21.3 Å². The van der Waals surface area contributed by atoms with Crippen molar-refractivity contribution in [3.63, 3.8) is 0 Å². The van der Waals surface area contributed by atoms with Crippen LogP contribution in [0.3, 0.4) is 0 Å². The van der Waals surface area contributed by atoms with Gasteiger partial charge in [0.1, 0.15) is 0 Å². The number of hydrogen-bond acceptors (Lipinski definition) is 4. The molecule has 0 radical (unpaired) electrons. The number of rotatable bonds is 5. The summed E-state index contributed by atoms with van der Waals surface area (Å²) in [6, 6.07) is 8.19. The van der Waals surface area contributed by atoms with Crippen molar-refractivity contribution in [1.82, 2.24) is 5.32 Å². The van der Waals surface area contributed by atoms with Crippen molar-refractivity contribution in [3.05, 3.63) is 43.0 Å². The molecule has 0 fully saturated rings. The van der Waals surface area contributed by atoms with Gasteiger partial charge in [-0.2, -0.15) is 0 Å². The van der Waals surface area contributed by atoms with Crippen molar-refractivity contribution in [1.29, 1.82) is 0 Å². The van der Waals surface area contributed by atoms with E-state index in [-0.39, 0.29) is 6.04 Å². The van der Waals surface area contributed by atoms with Crippen LogP contribution in [0.2, 0.25) is 0 Å². The van der Waals surface area contributed by atoms with E-state index >= 15 is 0 Å². The van der Waals surface area contributed by atoms with E-state index in [0.29, 0.717) is 5.75 Å². The largest absolute Gasteiger partial charge is 0.493 e. The zero-order valence-electron chi connectivity index (χ0n) is 11.4. The predicted octanol–water partition coefficient (Wildman–Crippen LogP) is 4.60. The van der Waals surface area contributed by atoms with Crippen LogP contribution in [-0.2, 0) is 0 Å². The van der Waals surface area contributed by atoms with Gasteiger partial charge in [-0.25, -0.2) is 0 Å². The molecule has 20 heavy (non-hydrogen) atoms. The molecule has 1 unspecified atom stereocenters. The Labute approximate surface area is 139 Å². The lowest BCUT2D eigenvalue weighted by Gasteiger charge is -2.19. The molecule has 0 bridgehead atoms. The highest BCUT2D eigenvalue weighted by atomic mass is 79.9. The van der Waals surface area contributed by atoms with Crippen molar-refractivity contribution in [3.8, 4) is 11.5 Å². The predicted molar refractivity (Wildman–Crippen MR) is 90.2 cm³/mol. The van der Waals surface area contributed by atoms with Crippen LogP contribution in [0.5, 0.6) is 11.5 Å². The Morgan fingerprint density at radius 1 is 1.10 bits per heavy atom. The van der Waals surface area contributed by atoms with Gasteiger partial charge in [0.15, 0.2) is 11.5 Å². The molecule has 0 saturated heterocycles. The SMILES string of the molecule is CNC(c1ccc(Br)s1)c1cc(OC)c(OC)cc1Br. The molecule has 6 heteroatoms. The second-order valence-electron chi connectivity index (χ2n) is 4.09. The van der Waals surface area contributed by atoms with Gasteiger partial charge in [0.25, 0.3) is 0 Å². The first-order valence-electron chi connectivity index (χ1n) is 5.94. The summed E-state index contributed by atoms with van der Waals surface area (Å²) < 4.78 is 12.8. The molecule has 3 nitrogen and oxygen atoms in total. The number of hydrogen-bond donors (Lipinski definition) is 1. The quantitative estimate of drug-likeness (QED) is 0.766. The third-order valence-electron chi connectivity index (χ3n) is 2.98. The molecule has 0 saturated carbocycles. The van der Waals surface area contributed by atoms with Crippen molar-refractivity contribution in [2.75, 3.05) is 21.3 Å². The minimum atomic E-state index is 0.0977. The maximum absolute atomic E-state index is 5.39. The molecule has 1 atom stereocenters. The Morgan fingerprint density at radius 2 is 1.75 bits per heavy atom. The summed E-state index contributed by atoms with van der Waals surface area (Å²) in [5.74, 6) is 1.44. The van der Waals surface area contributed by atoms with E-state index in [9.17, 15) is 0 Å². The summed E-state index contributed by atoms with van der Waals surface area (Å²) in [5, 5.41) is 3.34. The van der Waals surface area contributed by atoms with E-state index in [2.05, 4.69) is 49.3 Å². The molecule has 1 heterocycles. The lowest BCUT2D eigenvalue weighted by atomic mass is 10.0. The average molecular weight is 421 g/mol. The molecule has 2 rings (SSSR count). The average Bonchev–Trinajstić information content (AvgIpc) is 2.87.